The number of benzene rings is 1. The summed E-state index contributed by atoms with van der Waals surface area (Å²) in [5, 5.41) is 22.8. The van der Waals surface area contributed by atoms with Crippen LogP contribution in [0.2, 0.25) is 0 Å². The molecule has 0 aliphatic carbocycles. The molecule has 20 heavy (non-hydrogen) atoms. The Morgan fingerprint density at radius 2 is 2.25 bits per heavy atom. The molecule has 0 bridgehead atoms. The molecule has 0 aliphatic heterocycles. The SMILES string of the molecule is CCCNC(COc1c(C)cccc1[N+](=O)[O-])C(=O)O. The van der Waals surface area contributed by atoms with Gasteiger partial charge < -0.3 is 15.2 Å². The van der Waals surface area contributed by atoms with Gasteiger partial charge in [-0.05, 0) is 25.5 Å². The van der Waals surface area contributed by atoms with E-state index in [-0.39, 0.29) is 18.0 Å². The van der Waals surface area contributed by atoms with E-state index < -0.39 is 16.9 Å². The van der Waals surface area contributed by atoms with E-state index in [4.69, 9.17) is 9.84 Å². The Hall–Kier alpha value is -2.15. The topological polar surface area (TPSA) is 102 Å². The zero-order chi connectivity index (χ0) is 15.1. The number of para-hydroxylation sites is 1. The van der Waals surface area contributed by atoms with Gasteiger partial charge in [-0.2, -0.15) is 0 Å². The number of hydrogen-bond donors (Lipinski definition) is 2. The van der Waals surface area contributed by atoms with Gasteiger partial charge in [0.05, 0.1) is 4.92 Å². The first-order valence-electron chi connectivity index (χ1n) is 6.30. The van der Waals surface area contributed by atoms with Crippen LogP contribution in [0.1, 0.15) is 18.9 Å². The summed E-state index contributed by atoms with van der Waals surface area (Å²) in [5.41, 5.74) is 0.434. The minimum absolute atomic E-state index is 0.113. The van der Waals surface area contributed by atoms with Gasteiger partial charge in [-0.1, -0.05) is 19.1 Å². The highest BCUT2D eigenvalue weighted by Crippen LogP contribution is 2.30. The van der Waals surface area contributed by atoms with Crippen LogP contribution in [0.3, 0.4) is 0 Å². The van der Waals surface area contributed by atoms with Gasteiger partial charge in [0.1, 0.15) is 12.6 Å². The number of hydrogen-bond acceptors (Lipinski definition) is 5. The highest BCUT2D eigenvalue weighted by molar-refractivity contribution is 5.73. The number of ether oxygens (including phenoxy) is 1. The van der Waals surface area contributed by atoms with Gasteiger partial charge in [-0.15, -0.1) is 0 Å². The van der Waals surface area contributed by atoms with Gasteiger partial charge in [-0.3, -0.25) is 14.9 Å². The van der Waals surface area contributed by atoms with E-state index in [1.54, 1.807) is 19.1 Å². The Kier molecular flexibility index (Phi) is 5.92. The van der Waals surface area contributed by atoms with Crippen molar-refractivity contribution < 1.29 is 19.6 Å². The number of nitro groups is 1. The third-order valence-electron chi connectivity index (χ3n) is 2.72. The van der Waals surface area contributed by atoms with Crippen molar-refractivity contribution in [2.24, 2.45) is 0 Å². The molecule has 0 saturated carbocycles. The van der Waals surface area contributed by atoms with Gasteiger partial charge in [0.25, 0.3) is 0 Å². The minimum atomic E-state index is -1.05. The average molecular weight is 282 g/mol. The Balaban J connectivity index is 2.82. The predicted octanol–water partition coefficient (Wildman–Crippen LogP) is 1.73. The molecule has 1 unspecified atom stereocenters. The van der Waals surface area contributed by atoms with Crippen molar-refractivity contribution in [2.75, 3.05) is 13.2 Å². The summed E-state index contributed by atoms with van der Waals surface area (Å²) in [7, 11) is 0. The second-order valence-corrected chi connectivity index (χ2v) is 4.34. The largest absolute Gasteiger partial charge is 0.484 e. The monoisotopic (exact) mass is 282 g/mol. The highest BCUT2D eigenvalue weighted by Gasteiger charge is 2.21. The fourth-order valence-electron chi connectivity index (χ4n) is 1.67. The first kappa shape index (κ1) is 15.9. The summed E-state index contributed by atoms with van der Waals surface area (Å²) in [6.45, 7) is 3.97. The second kappa shape index (κ2) is 7.44. The van der Waals surface area contributed by atoms with Crippen molar-refractivity contribution in [3.63, 3.8) is 0 Å². The third-order valence-corrected chi connectivity index (χ3v) is 2.72. The molecule has 110 valence electrons. The molecule has 0 aliphatic rings. The molecule has 0 aromatic heterocycles. The van der Waals surface area contributed by atoms with E-state index in [0.717, 1.165) is 6.42 Å². The molecule has 0 radical (unpaired) electrons. The maximum absolute atomic E-state index is 11.1. The van der Waals surface area contributed by atoms with Crippen molar-refractivity contribution in [3.05, 3.63) is 33.9 Å². The molecule has 0 fully saturated rings. The van der Waals surface area contributed by atoms with E-state index >= 15 is 0 Å². The molecular weight excluding hydrogens is 264 g/mol. The summed E-state index contributed by atoms with van der Waals surface area (Å²) in [5.74, 6) is -0.934. The third kappa shape index (κ3) is 4.20. The molecular formula is C13H18N2O5. The zero-order valence-corrected chi connectivity index (χ0v) is 11.5. The number of nitrogens with one attached hydrogen (secondary N) is 1. The molecule has 1 aromatic rings. The Morgan fingerprint density at radius 3 is 2.80 bits per heavy atom. The van der Waals surface area contributed by atoms with Gasteiger partial charge in [0.2, 0.25) is 0 Å². The van der Waals surface area contributed by atoms with Gasteiger partial charge >= 0.3 is 11.7 Å². The van der Waals surface area contributed by atoms with Crippen LogP contribution in [-0.2, 0) is 4.79 Å². The maximum Gasteiger partial charge on any atom is 0.324 e. The fraction of sp³-hybridized carbons (Fsp3) is 0.462. The molecule has 2 N–H and O–H groups in total. The molecule has 1 rings (SSSR count). The van der Waals surface area contributed by atoms with E-state index in [1.807, 2.05) is 6.92 Å². The van der Waals surface area contributed by atoms with Crippen LogP contribution < -0.4 is 10.1 Å². The van der Waals surface area contributed by atoms with Crippen LogP contribution in [0.4, 0.5) is 5.69 Å². The van der Waals surface area contributed by atoms with E-state index in [0.29, 0.717) is 12.1 Å². The number of aryl methyl sites for hydroxylation is 1. The van der Waals surface area contributed by atoms with E-state index in [2.05, 4.69) is 5.32 Å². The van der Waals surface area contributed by atoms with E-state index in [1.165, 1.54) is 6.07 Å². The molecule has 1 aromatic carbocycles. The summed E-state index contributed by atoms with van der Waals surface area (Å²) >= 11 is 0. The lowest BCUT2D eigenvalue weighted by Crippen LogP contribution is -2.41. The normalized spacial score (nSPS) is 11.9. The minimum Gasteiger partial charge on any atom is -0.484 e. The Morgan fingerprint density at radius 1 is 1.55 bits per heavy atom. The van der Waals surface area contributed by atoms with Crippen LogP contribution >= 0.6 is 0 Å². The van der Waals surface area contributed by atoms with Crippen molar-refractivity contribution in [2.45, 2.75) is 26.3 Å². The molecule has 0 amide bonds. The van der Waals surface area contributed by atoms with Gasteiger partial charge in [-0.25, -0.2) is 0 Å². The molecule has 7 nitrogen and oxygen atoms in total. The Bertz CT molecular complexity index is 490. The first-order chi connectivity index (χ1) is 9.47. The number of aliphatic carboxylic acids is 1. The smallest absolute Gasteiger partial charge is 0.324 e. The second-order valence-electron chi connectivity index (χ2n) is 4.34. The standard InChI is InChI=1S/C13H18N2O5/c1-3-7-14-10(13(16)17)8-20-12-9(2)5-4-6-11(12)15(18)19/h4-6,10,14H,3,7-8H2,1-2H3,(H,16,17). The van der Waals surface area contributed by atoms with Crippen LogP contribution in [0, 0.1) is 17.0 Å². The number of carboxylic acids is 1. The van der Waals surface area contributed by atoms with Crippen molar-refractivity contribution >= 4 is 11.7 Å². The summed E-state index contributed by atoms with van der Waals surface area (Å²) in [4.78, 5) is 21.4. The molecule has 1 atom stereocenters. The first-order valence-corrected chi connectivity index (χ1v) is 6.30. The number of carboxylic acid groups (broad SMARTS) is 1. The van der Waals surface area contributed by atoms with Crippen LogP contribution in [-0.4, -0.2) is 35.2 Å². The maximum atomic E-state index is 11.1. The van der Waals surface area contributed by atoms with Crippen molar-refractivity contribution in [1.82, 2.24) is 5.32 Å². The number of carbonyl (C=O) groups is 1. The highest BCUT2D eigenvalue weighted by atomic mass is 16.6. The van der Waals surface area contributed by atoms with Gasteiger partial charge in [0.15, 0.2) is 5.75 Å². The van der Waals surface area contributed by atoms with Crippen LogP contribution in [0.5, 0.6) is 5.75 Å². The summed E-state index contributed by atoms with van der Waals surface area (Å²) < 4.78 is 5.36. The van der Waals surface area contributed by atoms with Gasteiger partial charge in [0, 0.05) is 6.07 Å². The van der Waals surface area contributed by atoms with Crippen molar-refractivity contribution in [1.29, 1.82) is 0 Å². The Labute approximate surface area is 116 Å². The molecule has 0 spiro atoms. The molecule has 7 heteroatoms. The number of nitrogens with zero attached hydrogens (tertiary/aromatic N) is 1. The van der Waals surface area contributed by atoms with E-state index in [9.17, 15) is 14.9 Å². The summed E-state index contributed by atoms with van der Waals surface area (Å²) in [6.07, 6.45) is 0.786. The van der Waals surface area contributed by atoms with Crippen molar-refractivity contribution in [3.8, 4) is 5.75 Å². The lowest BCUT2D eigenvalue weighted by Gasteiger charge is -2.16. The fourth-order valence-corrected chi connectivity index (χ4v) is 1.67. The average Bonchev–Trinajstić information content (AvgIpc) is 2.39. The lowest BCUT2D eigenvalue weighted by atomic mass is 10.2. The predicted molar refractivity (Wildman–Crippen MR) is 73.0 cm³/mol. The summed E-state index contributed by atoms with van der Waals surface area (Å²) in [6, 6.07) is 3.67. The van der Waals surface area contributed by atoms with Crippen LogP contribution in [0.15, 0.2) is 18.2 Å². The molecule has 0 heterocycles. The lowest BCUT2D eigenvalue weighted by molar-refractivity contribution is -0.385. The number of rotatable bonds is 8. The quantitative estimate of drug-likeness (QED) is 0.556. The van der Waals surface area contributed by atoms with Crippen LogP contribution in [0.25, 0.3) is 0 Å². The zero-order valence-electron chi connectivity index (χ0n) is 11.5. The molecule has 0 saturated heterocycles. The number of nitro benzene ring substituents is 1.